The topological polar surface area (TPSA) is 0 Å². The van der Waals surface area contributed by atoms with Crippen molar-refractivity contribution in [1.29, 1.82) is 0 Å². The molecule has 0 aromatic heterocycles. The van der Waals surface area contributed by atoms with E-state index in [-0.39, 0.29) is 0 Å². The van der Waals surface area contributed by atoms with E-state index < -0.39 is 60.0 Å². The maximum Gasteiger partial charge on any atom is 0.457 e. The lowest BCUT2D eigenvalue weighted by atomic mass is 9.89. The highest BCUT2D eigenvalue weighted by Crippen LogP contribution is 2.57. The smallest absolute Gasteiger partial charge is 0.222 e. The van der Waals surface area contributed by atoms with Gasteiger partial charge < -0.3 is 0 Å². The zero-order chi connectivity index (χ0) is 23.4. The lowest BCUT2D eigenvalue weighted by molar-refractivity contribution is -0.374. The molecule has 0 saturated carbocycles. The highest BCUT2D eigenvalue weighted by Gasteiger charge is 2.83. The van der Waals surface area contributed by atoms with E-state index >= 15 is 0 Å². The summed E-state index contributed by atoms with van der Waals surface area (Å²) in [4.78, 5) is 0. The lowest BCUT2D eigenvalue weighted by Gasteiger charge is -2.36. The van der Waals surface area contributed by atoms with Crippen molar-refractivity contribution in [3.05, 3.63) is 12.2 Å². The van der Waals surface area contributed by atoms with E-state index in [1.165, 1.54) is 0 Å². The minimum absolute atomic E-state index is 2.73. The second-order valence-corrected chi connectivity index (χ2v) is 4.90. The Morgan fingerprint density at radius 3 is 0.571 bits per heavy atom. The molecule has 0 N–H and O–H groups in total. The predicted molar refractivity (Wildman–Crippen MR) is 50.9 cm³/mol. The number of rotatable bonds is 4. The molecule has 0 aromatic carbocycles. The third kappa shape index (κ3) is 3.81. The van der Waals surface area contributed by atoms with E-state index in [0.29, 0.717) is 0 Å². The van der Waals surface area contributed by atoms with Crippen molar-refractivity contribution in [2.75, 3.05) is 0 Å². The quantitative estimate of drug-likeness (QED) is 0.330. The van der Waals surface area contributed by atoms with Gasteiger partial charge in [-0.3, -0.25) is 0 Å². The van der Waals surface area contributed by atoms with Crippen LogP contribution in [0, 0.1) is 0 Å². The Kier molecular flexibility index (Phi) is 6.14. The molecule has 0 rings (SSSR count). The van der Waals surface area contributed by atoms with Gasteiger partial charge in [0, 0.05) is 0 Å². The molecular weight excluding hydrogens is 462 g/mol. The second kappa shape index (κ2) is 6.50. The van der Waals surface area contributed by atoms with Crippen molar-refractivity contribution in [2.45, 2.75) is 47.9 Å². The molecule has 0 aliphatic carbocycles. The number of halogens is 18. The highest BCUT2D eigenvalue weighted by molar-refractivity contribution is 5.24. The highest BCUT2D eigenvalue weighted by atomic mass is 19.4. The van der Waals surface area contributed by atoms with Crippen molar-refractivity contribution in [1.82, 2.24) is 0 Å². The largest absolute Gasteiger partial charge is 0.457 e. The summed E-state index contributed by atoms with van der Waals surface area (Å²) in [5, 5.41) is 0. The number of alkyl halides is 18. The molecule has 168 valence electrons. The summed E-state index contributed by atoms with van der Waals surface area (Å²) in [6.45, 7) is 0. The van der Waals surface area contributed by atoms with Gasteiger partial charge in [-0.2, -0.15) is 70.2 Å². The molecule has 0 fully saturated rings. The van der Waals surface area contributed by atoms with Crippen LogP contribution in [0.5, 0.6) is 0 Å². The van der Waals surface area contributed by atoms with Crippen LogP contribution < -0.4 is 0 Å². The molecule has 0 aliphatic rings. The van der Waals surface area contributed by atoms with Crippen molar-refractivity contribution in [3.63, 3.8) is 0 Å². The van der Waals surface area contributed by atoms with Crippen molar-refractivity contribution >= 4 is 0 Å². The summed E-state index contributed by atoms with van der Waals surface area (Å²) in [6, 6.07) is 0. The second-order valence-electron chi connectivity index (χ2n) is 4.90. The molecule has 0 amide bonds. The van der Waals surface area contributed by atoms with E-state index in [9.17, 15) is 79.0 Å². The summed E-state index contributed by atoms with van der Waals surface area (Å²) < 4.78 is 224. The van der Waals surface area contributed by atoms with Crippen molar-refractivity contribution < 1.29 is 79.0 Å². The molecule has 28 heavy (non-hydrogen) atoms. The first-order valence-corrected chi connectivity index (χ1v) is 5.81. The van der Waals surface area contributed by atoms with E-state index in [1.54, 1.807) is 0 Å². The molecule has 18 heteroatoms. The zero-order valence-corrected chi connectivity index (χ0v) is 12.0. The maximum atomic E-state index is 13.4. The molecule has 0 nitrogen and oxygen atoms in total. The lowest BCUT2D eigenvalue weighted by Crippen LogP contribution is -2.63. The van der Waals surface area contributed by atoms with Crippen LogP contribution >= 0.6 is 0 Å². The van der Waals surface area contributed by atoms with Gasteiger partial charge in [-0.15, -0.1) is 0 Å². The molecule has 0 aromatic rings. The summed E-state index contributed by atoms with van der Waals surface area (Å²) >= 11 is 0. The Morgan fingerprint density at radius 2 is 0.464 bits per heavy atom. The Balaban J connectivity index is 6.90. The Morgan fingerprint density at radius 1 is 0.286 bits per heavy atom. The SMILES string of the molecule is FC(F)(F)C(F)(F)C(F)(/C=C/C(F)(C(F)(F)F)C(F)(F)C(F)(F)F)C(F)(F)F. The minimum atomic E-state index is -7.71. The summed E-state index contributed by atoms with van der Waals surface area (Å²) in [7, 11) is 0. The van der Waals surface area contributed by atoms with Crippen LogP contribution in [-0.2, 0) is 0 Å². The summed E-state index contributed by atoms with van der Waals surface area (Å²) in [5.74, 6) is -15.4. The van der Waals surface area contributed by atoms with Gasteiger partial charge >= 0.3 is 36.6 Å². The molecule has 0 heterocycles. The van der Waals surface area contributed by atoms with Gasteiger partial charge in [0.1, 0.15) is 0 Å². The third-order valence-electron chi connectivity index (χ3n) is 2.99. The number of allylic oxidation sites excluding steroid dienone is 2. The Bertz CT molecular complexity index is 531. The van der Waals surface area contributed by atoms with E-state index in [0.717, 1.165) is 0 Å². The average Bonchev–Trinajstić information content (AvgIpc) is 2.38. The van der Waals surface area contributed by atoms with Crippen LogP contribution in [0.25, 0.3) is 0 Å². The monoisotopic (exact) mass is 464 g/mol. The predicted octanol–water partition coefficient (Wildman–Crippen LogP) is 6.48. The molecule has 0 aliphatic heterocycles. The van der Waals surface area contributed by atoms with Crippen molar-refractivity contribution in [2.24, 2.45) is 0 Å². The van der Waals surface area contributed by atoms with Crippen LogP contribution in [0.1, 0.15) is 0 Å². The fourth-order valence-corrected chi connectivity index (χ4v) is 1.40. The number of hydrogen-bond acceptors (Lipinski definition) is 0. The van der Waals surface area contributed by atoms with Crippen molar-refractivity contribution in [3.8, 4) is 0 Å². The molecule has 2 unspecified atom stereocenters. The van der Waals surface area contributed by atoms with Crippen LogP contribution in [0.4, 0.5) is 79.0 Å². The minimum Gasteiger partial charge on any atom is -0.222 e. The van der Waals surface area contributed by atoms with Gasteiger partial charge in [0.2, 0.25) is 0 Å². The summed E-state index contributed by atoms with van der Waals surface area (Å²) in [5.41, 5.74) is -14.7. The van der Waals surface area contributed by atoms with Crippen LogP contribution in [0.3, 0.4) is 0 Å². The normalized spacial score (nSPS) is 20.2. The molecule has 0 bridgehead atoms. The Hall–Kier alpha value is -1.52. The molecule has 2 atom stereocenters. The fourth-order valence-electron chi connectivity index (χ4n) is 1.40. The van der Waals surface area contributed by atoms with Gasteiger partial charge in [0.15, 0.2) is 0 Å². The average molecular weight is 464 g/mol. The third-order valence-corrected chi connectivity index (χ3v) is 2.99. The first-order chi connectivity index (χ1) is 11.7. The molecule has 0 radical (unpaired) electrons. The molecule has 0 spiro atoms. The fraction of sp³-hybridized carbons (Fsp3) is 0.800. The molecule has 0 saturated heterocycles. The standard InChI is InChI=1S/C10H2F18/c11-3(7(17,18)19,5(13,14)9(23,24)25)1-2-4(12,8(20,21)22)6(15,16)10(26,27)28/h1-2H/b2-1+. The summed E-state index contributed by atoms with van der Waals surface area (Å²) in [6.07, 6.45) is -35.6. The maximum absolute atomic E-state index is 13.4. The van der Waals surface area contributed by atoms with Gasteiger partial charge in [-0.05, 0) is 12.2 Å². The van der Waals surface area contributed by atoms with Gasteiger partial charge in [0.05, 0.1) is 0 Å². The van der Waals surface area contributed by atoms with Gasteiger partial charge in [0.25, 0.3) is 11.3 Å². The van der Waals surface area contributed by atoms with Crippen LogP contribution in [0.15, 0.2) is 12.2 Å². The van der Waals surface area contributed by atoms with E-state index in [4.69, 9.17) is 0 Å². The van der Waals surface area contributed by atoms with Crippen LogP contribution in [0.2, 0.25) is 0 Å². The van der Waals surface area contributed by atoms with Crippen LogP contribution in [-0.4, -0.2) is 47.9 Å². The van der Waals surface area contributed by atoms with Gasteiger partial charge in [-0.1, -0.05) is 0 Å². The Labute approximate surface area is 140 Å². The van der Waals surface area contributed by atoms with E-state index in [1.807, 2.05) is 0 Å². The molecular formula is C10H2F18. The number of hydrogen-bond donors (Lipinski definition) is 0. The first-order valence-electron chi connectivity index (χ1n) is 5.81. The van der Waals surface area contributed by atoms with Gasteiger partial charge in [-0.25, -0.2) is 8.78 Å². The van der Waals surface area contributed by atoms with E-state index in [2.05, 4.69) is 0 Å². The first kappa shape index (κ1) is 26.5. The zero-order valence-electron chi connectivity index (χ0n) is 12.0.